The maximum atomic E-state index is 6.09. The molecule has 0 saturated carbocycles. The van der Waals surface area contributed by atoms with Gasteiger partial charge in [-0.1, -0.05) is 0 Å². The molecule has 2 aliphatic heterocycles. The van der Waals surface area contributed by atoms with E-state index in [9.17, 15) is 0 Å². The van der Waals surface area contributed by atoms with E-state index < -0.39 is 0 Å². The second-order valence-electron chi connectivity index (χ2n) is 5.28. The summed E-state index contributed by atoms with van der Waals surface area (Å²) in [6, 6.07) is 1.12. The lowest BCUT2D eigenvalue weighted by Crippen LogP contribution is -2.64. The summed E-state index contributed by atoms with van der Waals surface area (Å²) in [5.41, 5.74) is 6.09. The molecule has 2 rings (SSSR count). The maximum absolute atomic E-state index is 6.09. The van der Waals surface area contributed by atoms with Crippen LogP contribution in [-0.4, -0.2) is 73.9 Å². The van der Waals surface area contributed by atoms with Crippen molar-refractivity contribution in [2.45, 2.75) is 32.1 Å². The van der Waals surface area contributed by atoms with Crippen LogP contribution in [0.4, 0.5) is 0 Å². The van der Waals surface area contributed by atoms with Crippen LogP contribution >= 0.6 is 0 Å². The van der Waals surface area contributed by atoms with Gasteiger partial charge >= 0.3 is 0 Å². The highest BCUT2D eigenvalue weighted by Gasteiger charge is 2.32. The zero-order chi connectivity index (χ0) is 12.3. The van der Waals surface area contributed by atoms with Crippen LogP contribution in [0.5, 0.6) is 0 Å². The predicted octanol–water partition coefficient (Wildman–Crippen LogP) is -1.14. The molecule has 2 saturated heterocycles. The van der Waals surface area contributed by atoms with Gasteiger partial charge in [0, 0.05) is 57.9 Å². The minimum Gasteiger partial charge on any atom is -0.316 e. The lowest BCUT2D eigenvalue weighted by Gasteiger charge is -2.46. The van der Waals surface area contributed by atoms with Gasteiger partial charge < -0.3 is 16.4 Å². The zero-order valence-corrected chi connectivity index (χ0v) is 11.2. The standard InChI is InChI=1S/C12H27N5/c1-10(16-6-3-14-4-7-16)12-9-15-5-8-17(12)11(2)13/h10-12,14-15H,3-9,13H2,1-2H3. The normalized spacial score (nSPS) is 32.3. The Morgan fingerprint density at radius 2 is 1.71 bits per heavy atom. The summed E-state index contributed by atoms with van der Waals surface area (Å²) in [7, 11) is 0. The van der Waals surface area contributed by atoms with Gasteiger partial charge in [-0.15, -0.1) is 0 Å². The summed E-state index contributed by atoms with van der Waals surface area (Å²) in [5, 5.41) is 6.91. The first-order chi connectivity index (χ1) is 8.20. The van der Waals surface area contributed by atoms with E-state index in [0.717, 1.165) is 45.8 Å². The molecule has 0 bridgehead atoms. The number of nitrogens with zero attached hydrogens (tertiary/aromatic N) is 2. The minimum absolute atomic E-state index is 0.160. The van der Waals surface area contributed by atoms with Crippen molar-refractivity contribution in [3.05, 3.63) is 0 Å². The summed E-state index contributed by atoms with van der Waals surface area (Å²) in [5.74, 6) is 0. The summed E-state index contributed by atoms with van der Waals surface area (Å²) < 4.78 is 0. The first-order valence-electron chi connectivity index (χ1n) is 6.87. The van der Waals surface area contributed by atoms with Crippen LogP contribution in [0.15, 0.2) is 0 Å². The van der Waals surface area contributed by atoms with Crippen molar-refractivity contribution in [1.29, 1.82) is 0 Å². The van der Waals surface area contributed by atoms with Gasteiger partial charge in [0.2, 0.25) is 0 Å². The van der Waals surface area contributed by atoms with Gasteiger partial charge in [-0.3, -0.25) is 9.80 Å². The van der Waals surface area contributed by atoms with Gasteiger partial charge in [0.1, 0.15) is 0 Å². The third-order valence-corrected chi connectivity index (χ3v) is 4.13. The molecule has 5 heteroatoms. The fraction of sp³-hybridized carbons (Fsp3) is 1.00. The number of piperazine rings is 2. The average Bonchev–Trinajstić information content (AvgIpc) is 2.39. The van der Waals surface area contributed by atoms with E-state index in [-0.39, 0.29) is 6.17 Å². The molecule has 0 radical (unpaired) electrons. The van der Waals surface area contributed by atoms with Gasteiger partial charge in [0.05, 0.1) is 6.17 Å². The van der Waals surface area contributed by atoms with Crippen molar-refractivity contribution in [1.82, 2.24) is 20.4 Å². The second kappa shape index (κ2) is 6.11. The predicted molar refractivity (Wildman–Crippen MR) is 70.9 cm³/mol. The Labute approximate surface area is 105 Å². The van der Waals surface area contributed by atoms with E-state index in [1.165, 1.54) is 0 Å². The third-order valence-electron chi connectivity index (χ3n) is 4.13. The molecule has 0 amide bonds. The maximum Gasteiger partial charge on any atom is 0.0547 e. The van der Waals surface area contributed by atoms with Gasteiger partial charge in [-0.25, -0.2) is 0 Å². The Balaban J connectivity index is 1.97. The molecule has 100 valence electrons. The van der Waals surface area contributed by atoms with Crippen LogP contribution < -0.4 is 16.4 Å². The molecule has 5 nitrogen and oxygen atoms in total. The third kappa shape index (κ3) is 3.17. The quantitative estimate of drug-likeness (QED) is 0.583. The minimum atomic E-state index is 0.160. The first kappa shape index (κ1) is 13.2. The summed E-state index contributed by atoms with van der Waals surface area (Å²) in [4.78, 5) is 5.03. The van der Waals surface area contributed by atoms with Gasteiger partial charge in [-0.05, 0) is 13.8 Å². The van der Waals surface area contributed by atoms with E-state index in [0.29, 0.717) is 12.1 Å². The van der Waals surface area contributed by atoms with E-state index in [1.54, 1.807) is 0 Å². The second-order valence-corrected chi connectivity index (χ2v) is 5.28. The van der Waals surface area contributed by atoms with Gasteiger partial charge in [0.25, 0.3) is 0 Å². The van der Waals surface area contributed by atoms with Crippen molar-refractivity contribution in [2.75, 3.05) is 45.8 Å². The number of rotatable bonds is 3. The molecule has 2 heterocycles. The molecule has 3 atom stereocenters. The van der Waals surface area contributed by atoms with Gasteiger partial charge in [-0.2, -0.15) is 0 Å². The molecular formula is C12H27N5. The van der Waals surface area contributed by atoms with Crippen LogP contribution in [0.25, 0.3) is 0 Å². The molecule has 0 aromatic carbocycles. The Kier molecular flexibility index (Phi) is 4.76. The number of hydrogen-bond donors (Lipinski definition) is 3. The molecule has 2 aliphatic rings. The summed E-state index contributed by atoms with van der Waals surface area (Å²) in [6.45, 7) is 12.2. The fourth-order valence-electron chi connectivity index (χ4n) is 3.03. The smallest absolute Gasteiger partial charge is 0.0547 e. The first-order valence-corrected chi connectivity index (χ1v) is 6.87. The lowest BCUT2D eigenvalue weighted by molar-refractivity contribution is 0.0404. The Morgan fingerprint density at radius 1 is 1.06 bits per heavy atom. The van der Waals surface area contributed by atoms with Crippen molar-refractivity contribution < 1.29 is 0 Å². The van der Waals surface area contributed by atoms with Gasteiger partial charge in [0.15, 0.2) is 0 Å². The Hall–Kier alpha value is -0.200. The monoisotopic (exact) mass is 241 g/mol. The Morgan fingerprint density at radius 3 is 2.35 bits per heavy atom. The molecule has 0 spiro atoms. The molecule has 17 heavy (non-hydrogen) atoms. The SMILES string of the molecule is CC(C1CNCCN1C(C)N)N1CCNCC1. The van der Waals surface area contributed by atoms with Crippen molar-refractivity contribution >= 4 is 0 Å². The summed E-state index contributed by atoms with van der Waals surface area (Å²) >= 11 is 0. The van der Waals surface area contributed by atoms with Crippen molar-refractivity contribution in [3.63, 3.8) is 0 Å². The zero-order valence-electron chi connectivity index (χ0n) is 11.2. The molecular weight excluding hydrogens is 214 g/mol. The van der Waals surface area contributed by atoms with Crippen molar-refractivity contribution in [2.24, 2.45) is 5.73 Å². The topological polar surface area (TPSA) is 56.6 Å². The molecule has 2 fully saturated rings. The molecule has 4 N–H and O–H groups in total. The number of hydrogen-bond acceptors (Lipinski definition) is 5. The fourth-order valence-corrected chi connectivity index (χ4v) is 3.03. The van der Waals surface area contributed by atoms with Crippen LogP contribution in [0.1, 0.15) is 13.8 Å². The van der Waals surface area contributed by atoms with Crippen LogP contribution in [-0.2, 0) is 0 Å². The lowest BCUT2D eigenvalue weighted by atomic mass is 10.0. The number of nitrogens with one attached hydrogen (secondary N) is 2. The highest BCUT2D eigenvalue weighted by atomic mass is 15.3. The molecule has 0 aromatic heterocycles. The van der Waals surface area contributed by atoms with E-state index in [4.69, 9.17) is 5.73 Å². The van der Waals surface area contributed by atoms with E-state index >= 15 is 0 Å². The highest BCUT2D eigenvalue weighted by Crippen LogP contribution is 2.15. The van der Waals surface area contributed by atoms with E-state index in [1.807, 2.05) is 0 Å². The molecule has 3 unspecified atom stereocenters. The average molecular weight is 241 g/mol. The number of nitrogens with two attached hydrogens (primary N) is 1. The van der Waals surface area contributed by atoms with Crippen LogP contribution in [0.3, 0.4) is 0 Å². The molecule has 0 aliphatic carbocycles. The van der Waals surface area contributed by atoms with Crippen LogP contribution in [0, 0.1) is 0 Å². The van der Waals surface area contributed by atoms with Crippen LogP contribution in [0.2, 0.25) is 0 Å². The largest absolute Gasteiger partial charge is 0.316 e. The van der Waals surface area contributed by atoms with E-state index in [2.05, 4.69) is 34.3 Å². The highest BCUT2D eigenvalue weighted by molar-refractivity contribution is 4.91. The van der Waals surface area contributed by atoms with Crippen molar-refractivity contribution in [3.8, 4) is 0 Å². The summed E-state index contributed by atoms with van der Waals surface area (Å²) in [6.07, 6.45) is 0.160. The Bertz CT molecular complexity index is 227. The molecule has 0 aromatic rings.